The molecular formula is C18H19N7O. The Kier molecular flexibility index (Phi) is 3.37. The number of pyridine rings is 1. The van der Waals surface area contributed by atoms with Crippen LogP contribution in [0, 0.1) is 11.8 Å². The lowest BCUT2D eigenvalue weighted by Crippen LogP contribution is -2.31. The van der Waals surface area contributed by atoms with Crippen LogP contribution in [-0.4, -0.2) is 50.9 Å². The first kappa shape index (κ1) is 15.2. The monoisotopic (exact) mass is 349 g/mol. The highest BCUT2D eigenvalue weighted by molar-refractivity contribution is 5.88. The molecule has 0 radical (unpaired) electrons. The topological polar surface area (TPSA) is 80.0 Å². The van der Waals surface area contributed by atoms with E-state index in [4.69, 9.17) is 0 Å². The van der Waals surface area contributed by atoms with Gasteiger partial charge in [-0.15, -0.1) is 0 Å². The van der Waals surface area contributed by atoms with Gasteiger partial charge < -0.3 is 9.80 Å². The Labute approximate surface area is 150 Å². The lowest BCUT2D eigenvalue weighted by Gasteiger charge is -2.23. The molecule has 0 spiro atoms. The Bertz CT molecular complexity index is 1010. The Morgan fingerprint density at radius 1 is 1.00 bits per heavy atom. The predicted octanol–water partition coefficient (Wildman–Crippen LogP) is 0.691. The second kappa shape index (κ2) is 5.76. The molecule has 8 heteroatoms. The third-order valence-electron chi connectivity index (χ3n) is 5.47. The van der Waals surface area contributed by atoms with E-state index < -0.39 is 0 Å². The van der Waals surface area contributed by atoms with Crippen molar-refractivity contribution in [3.05, 3.63) is 47.3 Å². The quantitative estimate of drug-likeness (QED) is 0.673. The fourth-order valence-corrected chi connectivity index (χ4v) is 4.16. The van der Waals surface area contributed by atoms with Crippen LogP contribution < -0.4 is 15.4 Å². The molecule has 3 aromatic heterocycles. The molecule has 2 fully saturated rings. The highest BCUT2D eigenvalue weighted by Gasteiger charge is 2.41. The number of hydrogen-bond acceptors (Lipinski definition) is 7. The van der Waals surface area contributed by atoms with E-state index in [1.807, 2.05) is 12.1 Å². The first-order chi connectivity index (χ1) is 12.7. The fraction of sp³-hybridized carbons (Fsp3) is 0.389. The smallest absolute Gasteiger partial charge is 0.266 e. The Morgan fingerprint density at radius 2 is 1.77 bits per heavy atom. The van der Waals surface area contributed by atoms with Gasteiger partial charge in [0.1, 0.15) is 18.0 Å². The van der Waals surface area contributed by atoms with Crippen LogP contribution in [0.5, 0.6) is 0 Å². The molecule has 5 rings (SSSR count). The Balaban J connectivity index is 1.37. The van der Waals surface area contributed by atoms with E-state index in [9.17, 15) is 4.79 Å². The average Bonchev–Trinajstić information content (AvgIpc) is 3.22. The molecule has 2 atom stereocenters. The third-order valence-corrected chi connectivity index (χ3v) is 5.47. The van der Waals surface area contributed by atoms with Crippen LogP contribution in [0.1, 0.15) is 0 Å². The van der Waals surface area contributed by atoms with Crippen molar-refractivity contribution in [2.45, 2.75) is 0 Å². The molecule has 0 aliphatic carbocycles. The zero-order chi connectivity index (χ0) is 17.7. The molecule has 2 saturated heterocycles. The molecule has 0 N–H and O–H groups in total. The van der Waals surface area contributed by atoms with Gasteiger partial charge in [-0.2, -0.15) is 5.10 Å². The minimum atomic E-state index is -0.0792. The molecule has 2 aliphatic heterocycles. The summed E-state index contributed by atoms with van der Waals surface area (Å²) >= 11 is 0. The number of rotatable bonds is 2. The van der Waals surface area contributed by atoms with E-state index in [0.29, 0.717) is 11.8 Å². The van der Waals surface area contributed by atoms with E-state index in [0.717, 1.165) is 48.7 Å². The fourth-order valence-electron chi connectivity index (χ4n) is 4.16. The molecule has 5 heterocycles. The molecule has 132 valence electrons. The van der Waals surface area contributed by atoms with E-state index in [2.05, 4.69) is 29.9 Å². The second-order valence-electron chi connectivity index (χ2n) is 7.07. The van der Waals surface area contributed by atoms with Crippen molar-refractivity contribution in [1.82, 2.24) is 24.7 Å². The van der Waals surface area contributed by atoms with Crippen molar-refractivity contribution >= 4 is 22.5 Å². The van der Waals surface area contributed by atoms with Crippen molar-refractivity contribution < 1.29 is 0 Å². The molecule has 2 unspecified atom stereocenters. The van der Waals surface area contributed by atoms with E-state index in [1.165, 1.54) is 4.68 Å². The van der Waals surface area contributed by atoms with Gasteiger partial charge in [0.05, 0.1) is 11.7 Å². The minimum absolute atomic E-state index is 0.0792. The number of fused-ring (bicyclic) bond motifs is 2. The minimum Gasteiger partial charge on any atom is -0.355 e. The van der Waals surface area contributed by atoms with Crippen LogP contribution >= 0.6 is 0 Å². The SMILES string of the molecule is Cn1nc(N2CC3CN(c4ncnc5cnccc45)CC3C2)ccc1=O. The maximum Gasteiger partial charge on any atom is 0.266 e. The van der Waals surface area contributed by atoms with Gasteiger partial charge in [0.25, 0.3) is 5.56 Å². The zero-order valence-electron chi connectivity index (χ0n) is 14.5. The van der Waals surface area contributed by atoms with Gasteiger partial charge in [-0.3, -0.25) is 9.78 Å². The highest BCUT2D eigenvalue weighted by Crippen LogP contribution is 2.36. The molecule has 0 amide bonds. The molecule has 8 nitrogen and oxygen atoms in total. The summed E-state index contributed by atoms with van der Waals surface area (Å²) in [6, 6.07) is 5.40. The number of anilines is 2. The number of nitrogens with zero attached hydrogens (tertiary/aromatic N) is 7. The molecule has 0 bridgehead atoms. The largest absolute Gasteiger partial charge is 0.355 e. The summed E-state index contributed by atoms with van der Waals surface area (Å²) in [5.41, 5.74) is 0.801. The summed E-state index contributed by atoms with van der Waals surface area (Å²) in [5, 5.41) is 5.44. The lowest BCUT2D eigenvalue weighted by atomic mass is 10.0. The van der Waals surface area contributed by atoms with E-state index >= 15 is 0 Å². The van der Waals surface area contributed by atoms with Gasteiger partial charge in [-0.1, -0.05) is 0 Å². The van der Waals surface area contributed by atoms with Crippen molar-refractivity contribution in [3.63, 3.8) is 0 Å². The molecule has 0 aromatic carbocycles. The van der Waals surface area contributed by atoms with Gasteiger partial charge >= 0.3 is 0 Å². The van der Waals surface area contributed by atoms with Gasteiger partial charge in [-0.05, 0) is 12.1 Å². The van der Waals surface area contributed by atoms with Crippen molar-refractivity contribution in [1.29, 1.82) is 0 Å². The number of aromatic nitrogens is 5. The van der Waals surface area contributed by atoms with Gasteiger partial charge in [0.15, 0.2) is 0 Å². The normalized spacial score (nSPS) is 22.2. The zero-order valence-corrected chi connectivity index (χ0v) is 14.5. The van der Waals surface area contributed by atoms with Crippen LogP contribution in [-0.2, 0) is 7.05 Å². The molecule has 3 aromatic rings. The molecular weight excluding hydrogens is 330 g/mol. The summed E-state index contributed by atoms with van der Waals surface area (Å²) in [7, 11) is 1.69. The van der Waals surface area contributed by atoms with Gasteiger partial charge in [0, 0.05) is 62.7 Å². The summed E-state index contributed by atoms with van der Waals surface area (Å²) < 4.78 is 1.40. The molecule has 26 heavy (non-hydrogen) atoms. The van der Waals surface area contributed by atoms with Crippen molar-refractivity contribution in [2.24, 2.45) is 18.9 Å². The average molecular weight is 349 g/mol. The van der Waals surface area contributed by atoms with Crippen LogP contribution in [0.4, 0.5) is 11.6 Å². The van der Waals surface area contributed by atoms with E-state index in [-0.39, 0.29) is 5.56 Å². The second-order valence-corrected chi connectivity index (χ2v) is 7.07. The summed E-state index contributed by atoms with van der Waals surface area (Å²) in [4.78, 5) is 29.2. The van der Waals surface area contributed by atoms with Crippen LogP contribution in [0.2, 0.25) is 0 Å². The van der Waals surface area contributed by atoms with E-state index in [1.54, 1.807) is 31.8 Å². The first-order valence-corrected chi connectivity index (χ1v) is 8.78. The number of hydrogen-bond donors (Lipinski definition) is 0. The summed E-state index contributed by atoms with van der Waals surface area (Å²) in [5.74, 6) is 3.02. The standard InChI is InChI=1S/C18H19N7O/c1-23-17(26)3-2-16(22-23)24-7-12-9-25(10-13(12)8-24)18-14-4-5-19-6-15(14)20-11-21-18/h2-6,11-13H,7-10H2,1H3. The maximum absolute atomic E-state index is 11.5. The summed E-state index contributed by atoms with van der Waals surface area (Å²) in [6.45, 7) is 3.86. The van der Waals surface area contributed by atoms with Crippen molar-refractivity contribution in [3.8, 4) is 0 Å². The van der Waals surface area contributed by atoms with Crippen molar-refractivity contribution in [2.75, 3.05) is 36.0 Å². The molecule has 2 aliphatic rings. The predicted molar refractivity (Wildman–Crippen MR) is 98.2 cm³/mol. The highest BCUT2D eigenvalue weighted by atomic mass is 16.1. The number of aryl methyl sites for hydroxylation is 1. The van der Waals surface area contributed by atoms with Crippen LogP contribution in [0.25, 0.3) is 10.9 Å². The maximum atomic E-state index is 11.5. The lowest BCUT2D eigenvalue weighted by molar-refractivity contribution is 0.533. The summed E-state index contributed by atoms with van der Waals surface area (Å²) in [6.07, 6.45) is 5.19. The Hall–Kier alpha value is -3.03. The van der Waals surface area contributed by atoms with Gasteiger partial charge in [0.2, 0.25) is 0 Å². The molecule has 0 saturated carbocycles. The van der Waals surface area contributed by atoms with Crippen LogP contribution in [0.3, 0.4) is 0 Å². The van der Waals surface area contributed by atoms with Crippen LogP contribution in [0.15, 0.2) is 41.7 Å². The first-order valence-electron chi connectivity index (χ1n) is 8.78. The Morgan fingerprint density at radius 3 is 2.54 bits per heavy atom. The third kappa shape index (κ3) is 2.40. The van der Waals surface area contributed by atoms with Gasteiger partial charge in [-0.25, -0.2) is 14.6 Å².